The quantitative estimate of drug-likeness (QED) is 0.929. The summed E-state index contributed by atoms with van der Waals surface area (Å²) in [4.78, 5) is 2.54. The first-order chi connectivity index (χ1) is 10.9. The van der Waals surface area contributed by atoms with Gasteiger partial charge in [0.1, 0.15) is 0 Å². The summed E-state index contributed by atoms with van der Waals surface area (Å²) >= 11 is 0. The van der Waals surface area contributed by atoms with E-state index in [4.69, 9.17) is 0 Å². The Bertz CT molecular complexity index is 672. The number of nitrogens with zero attached hydrogens (tertiary/aromatic N) is 5. The van der Waals surface area contributed by atoms with Gasteiger partial charge in [0.25, 0.3) is 0 Å². The fourth-order valence-corrected chi connectivity index (χ4v) is 2.69. The van der Waals surface area contributed by atoms with E-state index in [-0.39, 0.29) is 5.82 Å². The zero-order chi connectivity index (χ0) is 16.4. The van der Waals surface area contributed by atoms with Crippen LogP contribution in [0.1, 0.15) is 29.5 Å². The summed E-state index contributed by atoms with van der Waals surface area (Å²) in [7, 11) is 0. The van der Waals surface area contributed by atoms with E-state index in [9.17, 15) is 18.3 Å². The molecule has 23 heavy (non-hydrogen) atoms. The van der Waals surface area contributed by atoms with Crippen molar-refractivity contribution in [3.05, 3.63) is 41.2 Å². The number of alkyl halides is 3. The van der Waals surface area contributed by atoms with Crippen LogP contribution < -0.4 is 0 Å². The third-order valence-electron chi connectivity index (χ3n) is 3.71. The molecule has 1 N–H and O–H groups in total. The van der Waals surface area contributed by atoms with Crippen LogP contribution in [0.25, 0.3) is 0 Å². The van der Waals surface area contributed by atoms with Crippen molar-refractivity contribution in [2.45, 2.75) is 38.3 Å². The summed E-state index contributed by atoms with van der Waals surface area (Å²) in [6, 6.07) is 7.60. The van der Waals surface area contributed by atoms with Gasteiger partial charge in [-0.3, -0.25) is 4.90 Å². The minimum Gasteiger partial charge on any atom is -0.388 e. The van der Waals surface area contributed by atoms with Gasteiger partial charge >= 0.3 is 6.18 Å². The van der Waals surface area contributed by atoms with E-state index in [1.807, 2.05) is 29.2 Å². The van der Waals surface area contributed by atoms with Crippen LogP contribution >= 0.6 is 0 Å². The van der Waals surface area contributed by atoms with Crippen LogP contribution in [0.2, 0.25) is 0 Å². The molecule has 0 fully saturated rings. The lowest BCUT2D eigenvalue weighted by Gasteiger charge is -2.18. The summed E-state index contributed by atoms with van der Waals surface area (Å²) < 4.78 is 36.9. The lowest BCUT2D eigenvalue weighted by molar-refractivity contribution is -0.145. The maximum Gasteiger partial charge on any atom is 0.409 e. The summed E-state index contributed by atoms with van der Waals surface area (Å²) in [6.45, 7) is 0.227. The van der Waals surface area contributed by atoms with Gasteiger partial charge in [0, 0.05) is 13.1 Å². The molecule has 0 saturated carbocycles. The van der Waals surface area contributed by atoms with Crippen LogP contribution in [0.5, 0.6) is 0 Å². The molecule has 1 aliphatic heterocycles. The molecule has 1 unspecified atom stereocenters. The predicted molar refractivity (Wildman–Crippen MR) is 74.0 cm³/mol. The third-order valence-corrected chi connectivity index (χ3v) is 3.71. The van der Waals surface area contributed by atoms with Crippen molar-refractivity contribution < 1.29 is 18.3 Å². The van der Waals surface area contributed by atoms with E-state index in [0.717, 1.165) is 11.1 Å². The second-order valence-corrected chi connectivity index (χ2v) is 5.57. The normalized spacial score (nSPS) is 19.4. The van der Waals surface area contributed by atoms with Gasteiger partial charge in [0.2, 0.25) is 0 Å². The van der Waals surface area contributed by atoms with Crippen LogP contribution in [-0.2, 0) is 19.6 Å². The molecule has 0 aliphatic carbocycles. The smallest absolute Gasteiger partial charge is 0.388 e. The molecular formula is C14H16F3N5O. The fraction of sp³-hybridized carbons (Fsp3) is 0.500. The van der Waals surface area contributed by atoms with E-state index in [0.29, 0.717) is 30.9 Å². The van der Waals surface area contributed by atoms with E-state index < -0.39 is 18.8 Å². The van der Waals surface area contributed by atoms with Crippen LogP contribution in [0.3, 0.4) is 0 Å². The molecule has 1 aromatic carbocycles. The first-order valence-corrected chi connectivity index (χ1v) is 7.22. The van der Waals surface area contributed by atoms with Crippen LogP contribution in [-0.4, -0.2) is 42.9 Å². The third kappa shape index (κ3) is 4.05. The minimum absolute atomic E-state index is 0.239. The Balaban J connectivity index is 1.69. The SMILES string of the molecule is OC1CCN(Cc2nnn(CC(F)(F)F)n2)Cc2ccccc21. The van der Waals surface area contributed by atoms with E-state index in [1.165, 1.54) is 0 Å². The number of halogens is 3. The number of rotatable bonds is 3. The highest BCUT2D eigenvalue weighted by atomic mass is 19.4. The molecule has 9 heteroatoms. The van der Waals surface area contributed by atoms with Crippen molar-refractivity contribution in [1.82, 2.24) is 25.1 Å². The van der Waals surface area contributed by atoms with E-state index in [1.54, 1.807) is 0 Å². The monoisotopic (exact) mass is 327 g/mol. The second-order valence-electron chi connectivity index (χ2n) is 5.57. The Morgan fingerprint density at radius 2 is 2.04 bits per heavy atom. The number of fused-ring (bicyclic) bond motifs is 1. The largest absolute Gasteiger partial charge is 0.409 e. The minimum atomic E-state index is -4.37. The molecule has 0 bridgehead atoms. The molecule has 1 aliphatic rings. The fourth-order valence-electron chi connectivity index (χ4n) is 2.69. The average Bonchev–Trinajstić information content (AvgIpc) is 2.82. The highest BCUT2D eigenvalue weighted by Crippen LogP contribution is 2.26. The molecule has 0 saturated heterocycles. The highest BCUT2D eigenvalue weighted by Gasteiger charge is 2.29. The topological polar surface area (TPSA) is 67.1 Å². The van der Waals surface area contributed by atoms with Crippen LogP contribution in [0.15, 0.2) is 24.3 Å². The Kier molecular flexibility index (Phi) is 4.31. The summed E-state index contributed by atoms with van der Waals surface area (Å²) in [5, 5.41) is 21.0. The number of benzene rings is 1. The summed E-state index contributed by atoms with van der Waals surface area (Å²) in [5.74, 6) is 0.239. The molecule has 6 nitrogen and oxygen atoms in total. The van der Waals surface area contributed by atoms with Gasteiger partial charge in [0.05, 0.1) is 12.6 Å². The Morgan fingerprint density at radius 1 is 1.26 bits per heavy atom. The van der Waals surface area contributed by atoms with Gasteiger partial charge in [-0.15, -0.1) is 10.2 Å². The molecule has 1 atom stereocenters. The molecule has 2 aromatic rings. The lowest BCUT2D eigenvalue weighted by Crippen LogP contribution is -2.24. The predicted octanol–water partition coefficient (Wildman–Crippen LogP) is 1.67. The second kappa shape index (κ2) is 6.25. The molecule has 1 aromatic heterocycles. The number of aliphatic hydroxyl groups is 1. The zero-order valence-corrected chi connectivity index (χ0v) is 12.2. The summed E-state index contributed by atoms with van der Waals surface area (Å²) in [6.07, 6.45) is -4.36. The van der Waals surface area contributed by atoms with Crippen molar-refractivity contribution in [2.24, 2.45) is 0 Å². The first-order valence-electron chi connectivity index (χ1n) is 7.22. The molecule has 0 radical (unpaired) electrons. The molecule has 2 heterocycles. The zero-order valence-electron chi connectivity index (χ0n) is 12.2. The van der Waals surface area contributed by atoms with Gasteiger partial charge in [-0.25, -0.2) is 0 Å². The Morgan fingerprint density at radius 3 is 2.83 bits per heavy atom. The van der Waals surface area contributed by atoms with E-state index in [2.05, 4.69) is 15.4 Å². The number of hydrogen-bond donors (Lipinski definition) is 1. The molecule has 3 rings (SSSR count). The van der Waals surface area contributed by atoms with Crippen molar-refractivity contribution in [3.63, 3.8) is 0 Å². The number of aromatic nitrogens is 4. The Labute approximate surface area is 130 Å². The highest BCUT2D eigenvalue weighted by molar-refractivity contribution is 5.29. The standard InChI is InChI=1S/C14H16F3N5O/c15-14(16,17)9-22-19-13(18-20-22)8-21-6-5-12(23)11-4-2-1-3-10(11)7-21/h1-4,12,23H,5-9H2. The lowest BCUT2D eigenvalue weighted by atomic mass is 10.0. The maximum atomic E-state index is 12.3. The molecule has 124 valence electrons. The average molecular weight is 327 g/mol. The van der Waals surface area contributed by atoms with Gasteiger partial charge in [-0.2, -0.15) is 18.0 Å². The first kappa shape index (κ1) is 15.9. The Hall–Kier alpha value is -2.00. The van der Waals surface area contributed by atoms with Gasteiger partial charge in [-0.05, 0) is 22.8 Å². The van der Waals surface area contributed by atoms with Crippen LogP contribution in [0.4, 0.5) is 13.2 Å². The number of tetrazole rings is 1. The molecular weight excluding hydrogens is 311 g/mol. The van der Waals surface area contributed by atoms with Crippen molar-refractivity contribution in [3.8, 4) is 0 Å². The molecule has 0 amide bonds. The van der Waals surface area contributed by atoms with Gasteiger partial charge in [0.15, 0.2) is 12.4 Å². The molecule has 0 spiro atoms. The summed E-state index contributed by atoms with van der Waals surface area (Å²) in [5.41, 5.74) is 1.89. The number of aliphatic hydroxyl groups excluding tert-OH is 1. The van der Waals surface area contributed by atoms with Crippen molar-refractivity contribution >= 4 is 0 Å². The maximum absolute atomic E-state index is 12.3. The van der Waals surface area contributed by atoms with E-state index >= 15 is 0 Å². The van der Waals surface area contributed by atoms with Crippen molar-refractivity contribution in [2.75, 3.05) is 6.54 Å². The van der Waals surface area contributed by atoms with Crippen LogP contribution in [0, 0.1) is 0 Å². The van der Waals surface area contributed by atoms with Crippen molar-refractivity contribution in [1.29, 1.82) is 0 Å². The van der Waals surface area contributed by atoms with Gasteiger partial charge < -0.3 is 5.11 Å². The number of hydrogen-bond acceptors (Lipinski definition) is 5. The van der Waals surface area contributed by atoms with Gasteiger partial charge in [-0.1, -0.05) is 24.3 Å².